The minimum Gasteiger partial charge on any atom is -0.311 e. The van der Waals surface area contributed by atoms with E-state index >= 15 is 0 Å². The number of halogens is 1. The van der Waals surface area contributed by atoms with E-state index in [1.807, 2.05) is 0 Å². The van der Waals surface area contributed by atoms with Crippen LogP contribution < -0.4 is 5.32 Å². The maximum Gasteiger partial charge on any atom is 0.0923 e. The van der Waals surface area contributed by atoms with E-state index in [9.17, 15) is 4.39 Å². The summed E-state index contributed by atoms with van der Waals surface area (Å²) in [6.45, 7) is 0.929. The van der Waals surface area contributed by atoms with Gasteiger partial charge >= 0.3 is 0 Å². The summed E-state index contributed by atoms with van der Waals surface area (Å²) in [4.78, 5) is 0. The molecule has 0 aromatic heterocycles. The van der Waals surface area contributed by atoms with Crippen LogP contribution >= 0.6 is 0 Å². The summed E-state index contributed by atoms with van der Waals surface area (Å²) in [5.74, 6) is 0.365. The van der Waals surface area contributed by atoms with Gasteiger partial charge in [0.15, 0.2) is 0 Å². The van der Waals surface area contributed by atoms with Crippen molar-refractivity contribution in [3.8, 4) is 0 Å². The van der Waals surface area contributed by atoms with Gasteiger partial charge in [-0.3, -0.25) is 4.39 Å². The van der Waals surface area contributed by atoms with Gasteiger partial charge in [-0.05, 0) is 38.1 Å². The van der Waals surface area contributed by atoms with E-state index in [4.69, 9.17) is 0 Å². The Morgan fingerprint density at radius 3 is 2.90 bits per heavy atom. The molecule has 2 rings (SSSR count). The second-order valence-corrected chi connectivity index (χ2v) is 3.72. The fourth-order valence-corrected chi connectivity index (χ4v) is 1.93. The Morgan fingerprint density at radius 2 is 2.30 bits per heavy atom. The van der Waals surface area contributed by atoms with Gasteiger partial charge in [0.25, 0.3) is 0 Å². The monoisotopic (exact) mass is 143 g/mol. The van der Waals surface area contributed by atoms with E-state index in [1.165, 1.54) is 12.8 Å². The van der Waals surface area contributed by atoms with Crippen LogP contribution in [0.25, 0.3) is 0 Å². The van der Waals surface area contributed by atoms with Crippen molar-refractivity contribution in [3.05, 3.63) is 0 Å². The molecule has 1 heterocycles. The zero-order chi connectivity index (χ0) is 7.03. The fraction of sp³-hybridized carbons (Fsp3) is 1.00. The van der Waals surface area contributed by atoms with Crippen LogP contribution in [0, 0.1) is 5.92 Å². The summed E-state index contributed by atoms with van der Waals surface area (Å²) in [5.41, 5.74) is 0.412. The molecule has 10 heavy (non-hydrogen) atoms. The Hall–Kier alpha value is -0.110. The molecular weight excluding hydrogens is 129 g/mol. The molecule has 1 spiro atoms. The number of hydrogen-bond donors (Lipinski definition) is 1. The molecule has 0 amide bonds. The average molecular weight is 143 g/mol. The summed E-state index contributed by atoms with van der Waals surface area (Å²) < 4.78 is 12.2. The second kappa shape index (κ2) is 2.19. The molecule has 1 N–H and O–H groups in total. The standard InChI is InChI=1S/C8H14FN/c9-6-7-1-4-10-8(5-7)2-3-8/h7,10H,1-6H2. The molecule has 0 bridgehead atoms. The molecule has 1 nitrogen and oxygen atoms in total. The first kappa shape index (κ1) is 6.59. The molecular formula is C8H14FN. The highest BCUT2D eigenvalue weighted by molar-refractivity contribution is 5.05. The smallest absolute Gasteiger partial charge is 0.0923 e. The molecule has 1 aliphatic heterocycles. The van der Waals surface area contributed by atoms with Gasteiger partial charge < -0.3 is 5.32 Å². The van der Waals surface area contributed by atoms with E-state index in [1.54, 1.807) is 0 Å². The molecule has 2 aliphatic rings. The first-order chi connectivity index (χ1) is 4.85. The summed E-state index contributed by atoms with van der Waals surface area (Å²) in [5, 5.41) is 3.47. The highest BCUT2D eigenvalue weighted by atomic mass is 19.1. The molecule has 1 saturated carbocycles. The maximum absolute atomic E-state index is 12.2. The molecule has 1 saturated heterocycles. The van der Waals surface area contributed by atoms with Crippen LogP contribution in [0.5, 0.6) is 0 Å². The van der Waals surface area contributed by atoms with Gasteiger partial charge in [-0.1, -0.05) is 0 Å². The van der Waals surface area contributed by atoms with Crippen molar-refractivity contribution in [1.29, 1.82) is 0 Å². The highest BCUT2D eigenvalue weighted by Crippen LogP contribution is 2.43. The Kier molecular flexibility index (Phi) is 1.44. The van der Waals surface area contributed by atoms with E-state index in [0.717, 1.165) is 19.4 Å². The van der Waals surface area contributed by atoms with Crippen molar-refractivity contribution in [2.75, 3.05) is 13.2 Å². The van der Waals surface area contributed by atoms with Gasteiger partial charge in [-0.2, -0.15) is 0 Å². The molecule has 0 aromatic rings. The van der Waals surface area contributed by atoms with Crippen LogP contribution in [0.4, 0.5) is 4.39 Å². The molecule has 1 unspecified atom stereocenters. The number of nitrogens with one attached hydrogen (secondary N) is 1. The lowest BCUT2D eigenvalue weighted by atomic mass is 9.92. The third kappa shape index (κ3) is 1.05. The predicted octanol–water partition coefficient (Wildman–Crippen LogP) is 1.49. The van der Waals surface area contributed by atoms with Crippen LogP contribution in [0.3, 0.4) is 0 Å². The Morgan fingerprint density at radius 1 is 1.50 bits per heavy atom. The topological polar surface area (TPSA) is 12.0 Å². The molecule has 2 fully saturated rings. The highest BCUT2D eigenvalue weighted by Gasteiger charge is 2.45. The van der Waals surface area contributed by atoms with Gasteiger partial charge in [0.1, 0.15) is 0 Å². The normalized spacial score (nSPS) is 36.3. The fourth-order valence-electron chi connectivity index (χ4n) is 1.93. The Labute approximate surface area is 61.0 Å². The average Bonchev–Trinajstić information content (AvgIpc) is 2.70. The van der Waals surface area contributed by atoms with Crippen LogP contribution in [0.15, 0.2) is 0 Å². The van der Waals surface area contributed by atoms with Gasteiger partial charge in [0.05, 0.1) is 6.67 Å². The molecule has 2 heteroatoms. The van der Waals surface area contributed by atoms with Crippen molar-refractivity contribution in [3.63, 3.8) is 0 Å². The largest absolute Gasteiger partial charge is 0.311 e. The number of piperidine rings is 1. The summed E-state index contributed by atoms with van der Waals surface area (Å²) >= 11 is 0. The van der Waals surface area contributed by atoms with E-state index in [0.29, 0.717) is 11.5 Å². The predicted molar refractivity (Wildman–Crippen MR) is 38.7 cm³/mol. The molecule has 1 atom stereocenters. The van der Waals surface area contributed by atoms with E-state index < -0.39 is 0 Å². The molecule has 0 aromatic carbocycles. The van der Waals surface area contributed by atoms with E-state index in [-0.39, 0.29) is 6.67 Å². The lowest BCUT2D eigenvalue weighted by Gasteiger charge is -2.28. The van der Waals surface area contributed by atoms with Gasteiger partial charge in [-0.25, -0.2) is 0 Å². The number of hydrogen-bond acceptors (Lipinski definition) is 1. The minimum absolute atomic E-state index is 0.108. The zero-order valence-corrected chi connectivity index (χ0v) is 6.20. The van der Waals surface area contributed by atoms with Crippen LogP contribution in [0.1, 0.15) is 25.7 Å². The lowest BCUT2D eigenvalue weighted by molar-refractivity contribution is 0.238. The van der Waals surface area contributed by atoms with Gasteiger partial charge in [-0.15, -0.1) is 0 Å². The molecule has 0 radical (unpaired) electrons. The SMILES string of the molecule is FCC1CCNC2(CC2)C1. The number of rotatable bonds is 1. The first-order valence-corrected chi connectivity index (χ1v) is 4.16. The lowest BCUT2D eigenvalue weighted by Crippen LogP contribution is -2.40. The first-order valence-electron chi connectivity index (χ1n) is 4.16. The van der Waals surface area contributed by atoms with Crippen molar-refractivity contribution in [2.45, 2.75) is 31.2 Å². The van der Waals surface area contributed by atoms with Crippen LogP contribution in [0.2, 0.25) is 0 Å². The minimum atomic E-state index is -0.108. The Bertz CT molecular complexity index is 131. The summed E-state index contributed by atoms with van der Waals surface area (Å²) in [6, 6.07) is 0. The van der Waals surface area contributed by atoms with Crippen molar-refractivity contribution >= 4 is 0 Å². The molecule has 1 aliphatic carbocycles. The summed E-state index contributed by atoms with van der Waals surface area (Å²) in [6.07, 6.45) is 4.69. The van der Waals surface area contributed by atoms with Crippen molar-refractivity contribution in [2.24, 2.45) is 5.92 Å². The van der Waals surface area contributed by atoms with E-state index in [2.05, 4.69) is 5.32 Å². The third-order valence-electron chi connectivity index (χ3n) is 2.80. The third-order valence-corrected chi connectivity index (χ3v) is 2.80. The van der Waals surface area contributed by atoms with Crippen LogP contribution in [-0.2, 0) is 0 Å². The van der Waals surface area contributed by atoms with Gasteiger partial charge in [0, 0.05) is 5.54 Å². The molecule has 58 valence electrons. The van der Waals surface area contributed by atoms with Crippen molar-refractivity contribution in [1.82, 2.24) is 5.32 Å². The Balaban J connectivity index is 1.91. The van der Waals surface area contributed by atoms with Gasteiger partial charge in [0.2, 0.25) is 0 Å². The van der Waals surface area contributed by atoms with Crippen molar-refractivity contribution < 1.29 is 4.39 Å². The van der Waals surface area contributed by atoms with Crippen LogP contribution in [-0.4, -0.2) is 18.8 Å². The summed E-state index contributed by atoms with van der Waals surface area (Å²) in [7, 11) is 0. The second-order valence-electron chi connectivity index (χ2n) is 3.72. The number of alkyl halides is 1. The zero-order valence-electron chi connectivity index (χ0n) is 6.20. The maximum atomic E-state index is 12.2. The quantitative estimate of drug-likeness (QED) is 0.586.